The number of hydrogen-bond donors (Lipinski definition) is 2. The molecule has 0 saturated carbocycles. The quantitative estimate of drug-likeness (QED) is 0.795. The molecule has 1 amide bonds. The molecule has 1 heterocycles. The second kappa shape index (κ2) is 7.35. The Morgan fingerprint density at radius 1 is 1.24 bits per heavy atom. The number of hydrogen-bond acceptors (Lipinski definition) is 5. The molecule has 0 bridgehead atoms. The summed E-state index contributed by atoms with van der Waals surface area (Å²) >= 11 is 0. The van der Waals surface area contributed by atoms with Crippen molar-refractivity contribution in [3.05, 3.63) is 47.8 Å². The lowest BCUT2D eigenvalue weighted by Crippen LogP contribution is -2.17. The van der Waals surface area contributed by atoms with Gasteiger partial charge in [0.15, 0.2) is 0 Å². The van der Waals surface area contributed by atoms with Gasteiger partial charge < -0.3 is 15.4 Å². The summed E-state index contributed by atoms with van der Waals surface area (Å²) < 4.78 is 4.95. The van der Waals surface area contributed by atoms with Gasteiger partial charge in [-0.3, -0.25) is 4.79 Å². The van der Waals surface area contributed by atoms with Crippen LogP contribution in [-0.2, 0) is 4.74 Å². The Balaban J connectivity index is 2.09. The predicted molar refractivity (Wildman–Crippen MR) is 81.5 cm³/mol. The molecule has 2 N–H and O–H groups in total. The fourth-order valence-electron chi connectivity index (χ4n) is 1.75. The zero-order chi connectivity index (χ0) is 15.1. The lowest BCUT2D eigenvalue weighted by molar-refractivity contribution is 0.102. The summed E-state index contributed by atoms with van der Waals surface area (Å²) in [5.41, 5.74) is 1.78. The van der Waals surface area contributed by atoms with E-state index in [0.29, 0.717) is 24.8 Å². The third-order valence-corrected chi connectivity index (χ3v) is 2.71. The molecule has 6 heteroatoms. The highest BCUT2D eigenvalue weighted by Crippen LogP contribution is 2.10. The molecule has 6 nitrogen and oxygen atoms in total. The number of aryl methyl sites for hydroxylation is 1. The van der Waals surface area contributed by atoms with Crippen molar-refractivity contribution in [2.75, 3.05) is 30.9 Å². The van der Waals surface area contributed by atoms with Crippen molar-refractivity contribution in [2.45, 2.75) is 6.92 Å². The Bertz CT molecular complexity index is 602. The number of methoxy groups -OCH3 is 1. The summed E-state index contributed by atoms with van der Waals surface area (Å²) in [6.45, 7) is 2.95. The number of carbonyl (C=O) groups is 1. The summed E-state index contributed by atoms with van der Waals surface area (Å²) in [5, 5.41) is 5.82. The molecule has 0 unspecified atom stereocenters. The van der Waals surface area contributed by atoms with Crippen LogP contribution in [0.5, 0.6) is 0 Å². The van der Waals surface area contributed by atoms with Crippen molar-refractivity contribution in [1.29, 1.82) is 0 Å². The normalized spacial score (nSPS) is 10.2. The Hall–Kier alpha value is -2.47. The number of amides is 1. The maximum absolute atomic E-state index is 12.2. The maximum Gasteiger partial charge on any atom is 0.274 e. The second-order valence-corrected chi connectivity index (χ2v) is 4.46. The summed E-state index contributed by atoms with van der Waals surface area (Å²) in [6.07, 6.45) is 0. The molecule has 2 aromatic rings. The smallest absolute Gasteiger partial charge is 0.274 e. The molecule has 0 aliphatic heterocycles. The van der Waals surface area contributed by atoms with Crippen molar-refractivity contribution >= 4 is 17.5 Å². The van der Waals surface area contributed by atoms with Crippen molar-refractivity contribution in [2.24, 2.45) is 0 Å². The lowest BCUT2D eigenvalue weighted by Gasteiger charge is -2.08. The van der Waals surface area contributed by atoms with Crippen LogP contribution in [0.25, 0.3) is 0 Å². The van der Waals surface area contributed by atoms with E-state index in [4.69, 9.17) is 4.74 Å². The highest BCUT2D eigenvalue weighted by atomic mass is 16.5. The average Bonchev–Trinajstić information content (AvgIpc) is 2.48. The topological polar surface area (TPSA) is 76.1 Å². The van der Waals surface area contributed by atoms with Crippen LogP contribution in [0.4, 0.5) is 11.6 Å². The van der Waals surface area contributed by atoms with Gasteiger partial charge in [0.2, 0.25) is 5.95 Å². The van der Waals surface area contributed by atoms with E-state index in [1.165, 1.54) is 0 Å². The Morgan fingerprint density at radius 2 is 2.00 bits per heavy atom. The molecule has 0 aliphatic rings. The maximum atomic E-state index is 12.2. The number of para-hydroxylation sites is 1. The van der Waals surface area contributed by atoms with Gasteiger partial charge in [-0.25, -0.2) is 9.97 Å². The van der Waals surface area contributed by atoms with E-state index in [1.54, 1.807) is 13.2 Å². The molecule has 0 fully saturated rings. The number of rotatable bonds is 6. The molecular weight excluding hydrogens is 268 g/mol. The fraction of sp³-hybridized carbons (Fsp3) is 0.267. The first-order chi connectivity index (χ1) is 10.2. The number of nitrogens with one attached hydrogen (secondary N) is 2. The zero-order valence-corrected chi connectivity index (χ0v) is 12.1. The highest BCUT2D eigenvalue weighted by Gasteiger charge is 2.10. The molecule has 0 saturated heterocycles. The van der Waals surface area contributed by atoms with Crippen LogP contribution >= 0.6 is 0 Å². The first-order valence-electron chi connectivity index (χ1n) is 6.64. The van der Waals surface area contributed by atoms with Gasteiger partial charge in [-0.2, -0.15) is 0 Å². The van der Waals surface area contributed by atoms with Gasteiger partial charge in [0.25, 0.3) is 5.91 Å². The number of aromatic nitrogens is 2. The molecule has 110 valence electrons. The van der Waals surface area contributed by atoms with Crippen LogP contribution in [0.3, 0.4) is 0 Å². The molecule has 0 aliphatic carbocycles. The standard InChI is InChI=1S/C15H18N4O2/c1-11-10-13(19-15(17-11)16-8-9-21-2)14(20)18-12-6-4-3-5-7-12/h3-7,10H,8-9H2,1-2H3,(H,18,20)(H,16,17,19). The molecule has 0 atom stereocenters. The molecule has 0 radical (unpaired) electrons. The summed E-state index contributed by atoms with van der Waals surface area (Å²) in [6, 6.07) is 10.9. The molecule has 0 spiro atoms. The van der Waals surface area contributed by atoms with Crippen LogP contribution in [-0.4, -0.2) is 36.1 Å². The summed E-state index contributed by atoms with van der Waals surface area (Å²) in [7, 11) is 1.62. The molecule has 1 aromatic carbocycles. The van der Waals surface area contributed by atoms with E-state index in [-0.39, 0.29) is 5.91 Å². The molecule has 21 heavy (non-hydrogen) atoms. The van der Waals surface area contributed by atoms with E-state index in [1.807, 2.05) is 37.3 Å². The fourth-order valence-corrected chi connectivity index (χ4v) is 1.75. The third-order valence-electron chi connectivity index (χ3n) is 2.71. The van der Waals surface area contributed by atoms with Gasteiger partial charge in [-0.05, 0) is 25.1 Å². The minimum absolute atomic E-state index is 0.263. The van der Waals surface area contributed by atoms with Gasteiger partial charge in [0.05, 0.1) is 6.61 Å². The number of nitrogens with zero attached hydrogens (tertiary/aromatic N) is 2. The number of anilines is 2. The van der Waals surface area contributed by atoms with Crippen LogP contribution in [0.15, 0.2) is 36.4 Å². The van der Waals surface area contributed by atoms with Crippen LogP contribution in [0.2, 0.25) is 0 Å². The number of carbonyl (C=O) groups excluding carboxylic acids is 1. The monoisotopic (exact) mass is 286 g/mol. The first-order valence-corrected chi connectivity index (χ1v) is 6.64. The first kappa shape index (κ1) is 14.9. The van der Waals surface area contributed by atoms with Crippen molar-refractivity contribution in [3.8, 4) is 0 Å². The van der Waals surface area contributed by atoms with Crippen molar-refractivity contribution in [3.63, 3.8) is 0 Å². The second-order valence-electron chi connectivity index (χ2n) is 4.46. The summed E-state index contributed by atoms with van der Waals surface area (Å²) in [4.78, 5) is 20.6. The minimum Gasteiger partial charge on any atom is -0.383 e. The van der Waals surface area contributed by atoms with E-state index >= 15 is 0 Å². The Labute approximate surface area is 123 Å². The van der Waals surface area contributed by atoms with Gasteiger partial charge in [0, 0.05) is 25.0 Å². The van der Waals surface area contributed by atoms with Gasteiger partial charge in [-0.15, -0.1) is 0 Å². The van der Waals surface area contributed by atoms with Gasteiger partial charge in [0.1, 0.15) is 5.69 Å². The third kappa shape index (κ3) is 4.54. The van der Waals surface area contributed by atoms with Crippen molar-refractivity contribution in [1.82, 2.24) is 9.97 Å². The highest BCUT2D eigenvalue weighted by molar-refractivity contribution is 6.03. The van der Waals surface area contributed by atoms with Crippen molar-refractivity contribution < 1.29 is 9.53 Å². The molecule has 2 rings (SSSR count). The molecule has 1 aromatic heterocycles. The van der Waals surface area contributed by atoms with Crippen LogP contribution in [0, 0.1) is 6.92 Å². The van der Waals surface area contributed by atoms with Gasteiger partial charge in [-0.1, -0.05) is 18.2 Å². The minimum atomic E-state index is -0.263. The number of benzene rings is 1. The number of ether oxygens (including phenoxy) is 1. The Kier molecular flexibility index (Phi) is 5.22. The van der Waals surface area contributed by atoms with E-state index in [0.717, 1.165) is 11.4 Å². The van der Waals surface area contributed by atoms with Crippen LogP contribution in [0.1, 0.15) is 16.2 Å². The zero-order valence-electron chi connectivity index (χ0n) is 12.1. The average molecular weight is 286 g/mol. The van der Waals surface area contributed by atoms with E-state index in [9.17, 15) is 4.79 Å². The van der Waals surface area contributed by atoms with E-state index in [2.05, 4.69) is 20.6 Å². The van der Waals surface area contributed by atoms with Gasteiger partial charge >= 0.3 is 0 Å². The Morgan fingerprint density at radius 3 is 2.71 bits per heavy atom. The molecular formula is C15H18N4O2. The SMILES string of the molecule is COCCNc1nc(C)cc(C(=O)Nc2ccccc2)n1. The lowest BCUT2D eigenvalue weighted by atomic mass is 10.3. The predicted octanol–water partition coefficient (Wildman–Crippen LogP) is 2.10. The largest absolute Gasteiger partial charge is 0.383 e. The summed E-state index contributed by atoms with van der Waals surface area (Å²) in [5.74, 6) is 0.159. The van der Waals surface area contributed by atoms with Crippen LogP contribution < -0.4 is 10.6 Å². The van der Waals surface area contributed by atoms with E-state index < -0.39 is 0 Å².